The van der Waals surface area contributed by atoms with Crippen molar-refractivity contribution < 1.29 is 23.9 Å². The molecule has 2 saturated heterocycles. The molecule has 0 radical (unpaired) electrons. The number of carbonyl (C=O) groups excluding carboxylic acids is 3. The van der Waals surface area contributed by atoms with Gasteiger partial charge >= 0.3 is 0 Å². The van der Waals surface area contributed by atoms with Gasteiger partial charge in [-0.1, -0.05) is 12.1 Å². The normalized spacial score (nSPS) is 20.2. The standard InChI is InChI=1S/C23H33N3O5/c1-4-26-19(21(28)24-11-14-30-2)16-23(22(26)29)9-12-25(13-10-23)20(27)15-17-5-7-18(31-3)8-6-17/h5-8,19H,4,9-16H2,1-3H3,(H,24,28). The van der Waals surface area contributed by atoms with Crippen LogP contribution in [0.1, 0.15) is 31.7 Å². The Hall–Kier alpha value is -2.61. The Labute approximate surface area is 183 Å². The number of likely N-dealkylation sites (tertiary alicyclic amines) is 2. The summed E-state index contributed by atoms with van der Waals surface area (Å²) in [5.41, 5.74) is 0.392. The lowest BCUT2D eigenvalue weighted by molar-refractivity contribution is -0.143. The van der Waals surface area contributed by atoms with E-state index < -0.39 is 11.5 Å². The first-order valence-electron chi connectivity index (χ1n) is 10.9. The van der Waals surface area contributed by atoms with Crippen molar-refractivity contribution in [1.29, 1.82) is 0 Å². The molecule has 1 unspecified atom stereocenters. The van der Waals surface area contributed by atoms with Crippen LogP contribution in [0.4, 0.5) is 0 Å². The Bertz CT molecular complexity index is 787. The number of hydrogen-bond acceptors (Lipinski definition) is 5. The summed E-state index contributed by atoms with van der Waals surface area (Å²) >= 11 is 0. The van der Waals surface area contributed by atoms with E-state index in [1.54, 1.807) is 19.1 Å². The number of likely N-dealkylation sites (N-methyl/N-ethyl adjacent to an activating group) is 1. The molecule has 3 rings (SSSR count). The van der Waals surface area contributed by atoms with Gasteiger partial charge < -0.3 is 24.6 Å². The first-order chi connectivity index (χ1) is 14.9. The molecule has 8 nitrogen and oxygen atoms in total. The molecule has 0 saturated carbocycles. The van der Waals surface area contributed by atoms with Crippen molar-refractivity contribution in [2.75, 3.05) is 47.0 Å². The number of piperidine rings is 1. The Morgan fingerprint density at radius 2 is 1.84 bits per heavy atom. The molecule has 2 fully saturated rings. The number of amides is 3. The van der Waals surface area contributed by atoms with Crippen LogP contribution in [0.5, 0.6) is 5.75 Å². The highest BCUT2D eigenvalue weighted by Gasteiger charge is 2.54. The fourth-order valence-corrected chi connectivity index (χ4v) is 4.64. The van der Waals surface area contributed by atoms with Crippen LogP contribution >= 0.6 is 0 Å². The van der Waals surface area contributed by atoms with Crippen molar-refractivity contribution in [1.82, 2.24) is 15.1 Å². The highest BCUT2D eigenvalue weighted by Crippen LogP contribution is 2.44. The second-order valence-corrected chi connectivity index (χ2v) is 8.28. The molecule has 1 spiro atoms. The van der Waals surface area contributed by atoms with Crippen molar-refractivity contribution in [2.45, 2.75) is 38.6 Å². The molecule has 2 aliphatic heterocycles. The van der Waals surface area contributed by atoms with Crippen LogP contribution in [-0.2, 0) is 25.5 Å². The highest BCUT2D eigenvalue weighted by atomic mass is 16.5. The number of hydrogen-bond donors (Lipinski definition) is 1. The summed E-state index contributed by atoms with van der Waals surface area (Å²) in [4.78, 5) is 42.1. The number of nitrogens with zero attached hydrogens (tertiary/aromatic N) is 2. The molecule has 1 atom stereocenters. The van der Waals surface area contributed by atoms with Gasteiger partial charge in [-0.05, 0) is 43.9 Å². The molecular formula is C23H33N3O5. The van der Waals surface area contributed by atoms with E-state index in [0.717, 1.165) is 11.3 Å². The van der Waals surface area contributed by atoms with Gasteiger partial charge in [0.15, 0.2) is 0 Å². The maximum absolute atomic E-state index is 13.2. The number of ether oxygens (including phenoxy) is 2. The predicted molar refractivity (Wildman–Crippen MR) is 116 cm³/mol. The van der Waals surface area contributed by atoms with Crippen molar-refractivity contribution >= 4 is 17.7 Å². The zero-order valence-corrected chi connectivity index (χ0v) is 18.7. The summed E-state index contributed by atoms with van der Waals surface area (Å²) in [6.07, 6.45) is 2.03. The molecule has 0 bridgehead atoms. The first-order valence-corrected chi connectivity index (χ1v) is 10.9. The van der Waals surface area contributed by atoms with E-state index in [1.165, 1.54) is 0 Å². The number of carbonyl (C=O) groups is 3. The summed E-state index contributed by atoms with van der Waals surface area (Å²) in [6.45, 7) is 4.35. The smallest absolute Gasteiger partial charge is 0.242 e. The summed E-state index contributed by atoms with van der Waals surface area (Å²) in [5.74, 6) is 0.745. The summed E-state index contributed by atoms with van der Waals surface area (Å²) in [6, 6.07) is 7.05. The molecule has 31 heavy (non-hydrogen) atoms. The molecule has 8 heteroatoms. The van der Waals surface area contributed by atoms with Crippen LogP contribution in [0.15, 0.2) is 24.3 Å². The molecule has 3 amide bonds. The van der Waals surface area contributed by atoms with E-state index in [0.29, 0.717) is 58.5 Å². The van der Waals surface area contributed by atoms with E-state index in [-0.39, 0.29) is 17.7 Å². The maximum atomic E-state index is 13.2. The maximum Gasteiger partial charge on any atom is 0.242 e. The van der Waals surface area contributed by atoms with Crippen LogP contribution in [0, 0.1) is 5.41 Å². The van der Waals surface area contributed by atoms with E-state index in [2.05, 4.69) is 5.32 Å². The molecule has 2 heterocycles. The van der Waals surface area contributed by atoms with Gasteiger partial charge in [-0.25, -0.2) is 0 Å². The predicted octanol–water partition coefficient (Wildman–Crippen LogP) is 1.23. The lowest BCUT2D eigenvalue weighted by atomic mass is 9.76. The van der Waals surface area contributed by atoms with E-state index >= 15 is 0 Å². The van der Waals surface area contributed by atoms with Gasteiger partial charge in [0.05, 0.1) is 25.6 Å². The average molecular weight is 432 g/mol. The van der Waals surface area contributed by atoms with Gasteiger partial charge in [0.1, 0.15) is 11.8 Å². The number of benzene rings is 1. The summed E-state index contributed by atoms with van der Waals surface area (Å²) in [7, 11) is 3.20. The zero-order valence-electron chi connectivity index (χ0n) is 18.7. The third-order valence-corrected chi connectivity index (χ3v) is 6.51. The van der Waals surface area contributed by atoms with Gasteiger partial charge in [0.25, 0.3) is 0 Å². The lowest BCUT2D eigenvalue weighted by Gasteiger charge is -2.38. The Kier molecular flexibility index (Phi) is 7.54. The van der Waals surface area contributed by atoms with Crippen LogP contribution in [-0.4, -0.2) is 80.6 Å². The number of nitrogens with one attached hydrogen (secondary N) is 1. The Balaban J connectivity index is 1.59. The first kappa shape index (κ1) is 23.1. The Morgan fingerprint density at radius 3 is 2.42 bits per heavy atom. The molecule has 0 aliphatic carbocycles. The van der Waals surface area contributed by atoms with Gasteiger partial charge in [-0.3, -0.25) is 14.4 Å². The fraction of sp³-hybridized carbons (Fsp3) is 0.609. The van der Waals surface area contributed by atoms with Gasteiger partial charge in [-0.15, -0.1) is 0 Å². The molecule has 1 N–H and O–H groups in total. The average Bonchev–Trinajstić information content (AvgIpc) is 3.06. The highest BCUT2D eigenvalue weighted by molar-refractivity contribution is 5.94. The van der Waals surface area contributed by atoms with E-state index in [1.807, 2.05) is 36.1 Å². The molecule has 0 aromatic heterocycles. The van der Waals surface area contributed by atoms with Crippen molar-refractivity contribution in [3.8, 4) is 5.75 Å². The molecular weight excluding hydrogens is 398 g/mol. The largest absolute Gasteiger partial charge is 0.497 e. The van der Waals surface area contributed by atoms with Crippen molar-refractivity contribution in [2.24, 2.45) is 5.41 Å². The monoisotopic (exact) mass is 431 g/mol. The van der Waals surface area contributed by atoms with Gasteiger partial charge in [0, 0.05) is 33.3 Å². The van der Waals surface area contributed by atoms with Crippen LogP contribution in [0.25, 0.3) is 0 Å². The van der Waals surface area contributed by atoms with Crippen molar-refractivity contribution in [3.05, 3.63) is 29.8 Å². The minimum atomic E-state index is -0.545. The minimum Gasteiger partial charge on any atom is -0.497 e. The second-order valence-electron chi connectivity index (χ2n) is 8.28. The van der Waals surface area contributed by atoms with E-state index in [9.17, 15) is 14.4 Å². The molecule has 170 valence electrons. The molecule has 1 aromatic rings. The second kappa shape index (κ2) is 10.1. The zero-order chi connectivity index (χ0) is 22.4. The SMILES string of the molecule is CCN1C(=O)C2(CCN(C(=O)Cc3ccc(OC)cc3)CC2)CC1C(=O)NCCOC. The molecule has 1 aromatic carbocycles. The lowest BCUT2D eigenvalue weighted by Crippen LogP contribution is -2.47. The topological polar surface area (TPSA) is 88.2 Å². The minimum absolute atomic E-state index is 0.0455. The van der Waals surface area contributed by atoms with Gasteiger partial charge in [-0.2, -0.15) is 0 Å². The number of methoxy groups -OCH3 is 2. The third kappa shape index (κ3) is 5.01. The quantitative estimate of drug-likeness (QED) is 0.626. The van der Waals surface area contributed by atoms with Gasteiger partial charge in [0.2, 0.25) is 17.7 Å². The van der Waals surface area contributed by atoms with Crippen LogP contribution in [0.3, 0.4) is 0 Å². The molecule has 2 aliphatic rings. The summed E-state index contributed by atoms with van der Waals surface area (Å²) in [5, 5.41) is 2.86. The fourth-order valence-electron chi connectivity index (χ4n) is 4.64. The number of rotatable bonds is 8. The van der Waals surface area contributed by atoms with E-state index in [4.69, 9.17) is 9.47 Å². The van der Waals surface area contributed by atoms with Crippen molar-refractivity contribution in [3.63, 3.8) is 0 Å². The Morgan fingerprint density at radius 1 is 1.16 bits per heavy atom. The van der Waals surface area contributed by atoms with Crippen LogP contribution in [0.2, 0.25) is 0 Å². The third-order valence-electron chi connectivity index (χ3n) is 6.51. The van der Waals surface area contributed by atoms with Crippen LogP contribution < -0.4 is 10.1 Å². The summed E-state index contributed by atoms with van der Waals surface area (Å²) < 4.78 is 10.1.